The van der Waals surface area contributed by atoms with Crippen molar-refractivity contribution in [3.05, 3.63) is 65.2 Å². The second kappa shape index (κ2) is 10.9. The van der Waals surface area contributed by atoms with Crippen molar-refractivity contribution in [2.45, 2.75) is 59.0 Å². The Labute approximate surface area is 216 Å². The molecule has 2 aromatic rings. The topological polar surface area (TPSA) is 53.1 Å². The van der Waals surface area contributed by atoms with Gasteiger partial charge in [0.05, 0.1) is 0 Å². The molecule has 0 radical (unpaired) electrons. The highest BCUT2D eigenvalue weighted by molar-refractivity contribution is 5.81. The minimum absolute atomic E-state index is 0.237. The van der Waals surface area contributed by atoms with Gasteiger partial charge in [0.1, 0.15) is 6.61 Å². The third-order valence-corrected chi connectivity index (χ3v) is 7.58. The fourth-order valence-electron chi connectivity index (χ4n) is 5.42. The average molecular weight is 492 g/mol. The molecule has 0 spiro atoms. The van der Waals surface area contributed by atoms with Gasteiger partial charge in [-0.25, -0.2) is 4.79 Å². The molecule has 6 nitrogen and oxygen atoms in total. The number of hydrogen-bond acceptors (Lipinski definition) is 4. The Balaban J connectivity index is 1.30. The Morgan fingerprint density at radius 1 is 1.00 bits per heavy atom. The van der Waals surface area contributed by atoms with E-state index in [9.17, 15) is 9.59 Å². The van der Waals surface area contributed by atoms with Gasteiger partial charge in [0.25, 0.3) is 0 Å². The van der Waals surface area contributed by atoms with Gasteiger partial charge in [-0.2, -0.15) is 0 Å². The first-order valence-electron chi connectivity index (χ1n) is 13.2. The van der Waals surface area contributed by atoms with Gasteiger partial charge in [-0.3, -0.25) is 4.79 Å². The number of nitrogens with zero attached hydrogens (tertiary/aromatic N) is 3. The lowest BCUT2D eigenvalue weighted by molar-refractivity contribution is -0.139. The summed E-state index contributed by atoms with van der Waals surface area (Å²) >= 11 is 0. The molecule has 1 saturated heterocycles. The molecule has 0 aromatic heterocycles. The first kappa shape index (κ1) is 26.1. The SMILES string of the molecule is C[C@@H]1C[C@@H](CCN(C)C(=O)OCc2ccccc2)c2ccc(N3CCN(C(=O)C(C)(C)C)CC3)cc21. The van der Waals surface area contributed by atoms with Gasteiger partial charge in [-0.05, 0) is 53.5 Å². The van der Waals surface area contributed by atoms with Gasteiger partial charge in [0.15, 0.2) is 0 Å². The molecule has 2 atom stereocenters. The maximum Gasteiger partial charge on any atom is 0.409 e. The van der Waals surface area contributed by atoms with Crippen LogP contribution in [0.2, 0.25) is 0 Å². The van der Waals surface area contributed by atoms with Crippen molar-refractivity contribution < 1.29 is 14.3 Å². The number of amides is 2. The first-order chi connectivity index (χ1) is 17.1. The smallest absolute Gasteiger partial charge is 0.409 e. The van der Waals surface area contributed by atoms with Crippen LogP contribution in [0.25, 0.3) is 0 Å². The highest BCUT2D eigenvalue weighted by Gasteiger charge is 2.32. The standard InChI is InChI=1S/C30H41N3O3/c1-22-19-24(13-14-31(5)29(35)36-21-23-9-7-6-8-10-23)26-12-11-25(20-27(22)26)32-15-17-33(18-16-32)28(34)30(2,3)4/h6-12,20,22,24H,13-19,21H2,1-5H3/t22-,24-/m1/s1. The van der Waals surface area contributed by atoms with Crippen LogP contribution in [0.15, 0.2) is 48.5 Å². The van der Waals surface area contributed by atoms with Gasteiger partial charge < -0.3 is 19.4 Å². The number of anilines is 1. The number of piperazine rings is 1. The lowest BCUT2D eigenvalue weighted by Crippen LogP contribution is -2.51. The van der Waals surface area contributed by atoms with E-state index in [0.717, 1.165) is 44.6 Å². The number of benzene rings is 2. The maximum atomic E-state index is 12.6. The summed E-state index contributed by atoms with van der Waals surface area (Å²) in [6.45, 7) is 12.5. The second-order valence-electron chi connectivity index (χ2n) is 11.4. The van der Waals surface area contributed by atoms with Crippen molar-refractivity contribution in [2.75, 3.05) is 44.7 Å². The second-order valence-corrected chi connectivity index (χ2v) is 11.4. The van der Waals surface area contributed by atoms with Crippen LogP contribution in [0.4, 0.5) is 10.5 Å². The summed E-state index contributed by atoms with van der Waals surface area (Å²) in [7, 11) is 1.82. The summed E-state index contributed by atoms with van der Waals surface area (Å²) in [5, 5.41) is 0. The summed E-state index contributed by atoms with van der Waals surface area (Å²) < 4.78 is 5.48. The lowest BCUT2D eigenvalue weighted by Gasteiger charge is -2.39. The molecular weight excluding hydrogens is 450 g/mol. The van der Waals surface area contributed by atoms with E-state index in [4.69, 9.17) is 4.74 Å². The zero-order valence-electron chi connectivity index (χ0n) is 22.5. The van der Waals surface area contributed by atoms with Crippen LogP contribution >= 0.6 is 0 Å². The average Bonchev–Trinajstić information content (AvgIpc) is 3.20. The summed E-state index contributed by atoms with van der Waals surface area (Å²) in [4.78, 5) is 31.2. The van der Waals surface area contributed by atoms with E-state index < -0.39 is 0 Å². The Hall–Kier alpha value is -3.02. The summed E-state index contributed by atoms with van der Waals surface area (Å²) in [6.07, 6.45) is 1.77. The van der Waals surface area contributed by atoms with Crippen molar-refractivity contribution in [2.24, 2.45) is 5.41 Å². The van der Waals surface area contributed by atoms with E-state index in [2.05, 4.69) is 30.0 Å². The van der Waals surface area contributed by atoms with Crippen molar-refractivity contribution in [3.63, 3.8) is 0 Å². The molecule has 1 aliphatic carbocycles. The molecule has 0 saturated carbocycles. The van der Waals surface area contributed by atoms with Crippen LogP contribution < -0.4 is 4.90 Å². The zero-order valence-corrected chi connectivity index (χ0v) is 22.5. The highest BCUT2D eigenvalue weighted by atomic mass is 16.6. The monoisotopic (exact) mass is 491 g/mol. The number of carbonyl (C=O) groups excluding carboxylic acids is 2. The molecule has 2 aliphatic rings. The van der Waals surface area contributed by atoms with E-state index in [-0.39, 0.29) is 17.4 Å². The Kier molecular flexibility index (Phi) is 7.91. The number of rotatable bonds is 6. The van der Waals surface area contributed by atoms with Crippen LogP contribution in [0.1, 0.15) is 69.1 Å². The van der Waals surface area contributed by atoms with Crippen LogP contribution in [0, 0.1) is 5.41 Å². The van der Waals surface area contributed by atoms with Crippen LogP contribution in [-0.2, 0) is 16.1 Å². The number of carbonyl (C=O) groups is 2. The number of ether oxygens (including phenoxy) is 1. The van der Waals surface area contributed by atoms with Crippen molar-refractivity contribution >= 4 is 17.7 Å². The third-order valence-electron chi connectivity index (χ3n) is 7.58. The molecule has 1 aliphatic heterocycles. The zero-order chi connectivity index (χ0) is 25.9. The fourth-order valence-corrected chi connectivity index (χ4v) is 5.42. The van der Waals surface area contributed by atoms with Gasteiger partial charge in [0, 0.05) is 50.9 Å². The maximum absolute atomic E-state index is 12.6. The summed E-state index contributed by atoms with van der Waals surface area (Å²) in [5.41, 5.74) is 4.77. The molecule has 2 amide bonds. The van der Waals surface area contributed by atoms with E-state index >= 15 is 0 Å². The summed E-state index contributed by atoms with van der Waals surface area (Å²) in [5.74, 6) is 1.19. The molecule has 194 valence electrons. The van der Waals surface area contributed by atoms with Crippen LogP contribution in [0.3, 0.4) is 0 Å². The first-order valence-corrected chi connectivity index (χ1v) is 13.2. The van der Waals surface area contributed by atoms with Crippen molar-refractivity contribution in [1.82, 2.24) is 9.80 Å². The Morgan fingerprint density at radius 2 is 1.69 bits per heavy atom. The van der Waals surface area contributed by atoms with Gasteiger partial charge >= 0.3 is 6.09 Å². The third kappa shape index (κ3) is 6.03. The predicted octanol–water partition coefficient (Wildman–Crippen LogP) is 5.63. The van der Waals surface area contributed by atoms with E-state index in [1.807, 2.05) is 63.1 Å². The van der Waals surface area contributed by atoms with Crippen LogP contribution in [-0.4, -0.2) is 61.6 Å². The van der Waals surface area contributed by atoms with Gasteiger partial charge in [0.2, 0.25) is 5.91 Å². The van der Waals surface area contributed by atoms with E-state index in [1.165, 1.54) is 16.8 Å². The molecule has 0 bridgehead atoms. The molecule has 4 rings (SSSR count). The van der Waals surface area contributed by atoms with E-state index in [0.29, 0.717) is 25.0 Å². The van der Waals surface area contributed by atoms with Crippen LogP contribution in [0.5, 0.6) is 0 Å². The molecule has 0 unspecified atom stereocenters. The number of fused-ring (bicyclic) bond motifs is 1. The van der Waals surface area contributed by atoms with E-state index in [1.54, 1.807) is 4.90 Å². The molecule has 6 heteroatoms. The minimum atomic E-state index is -0.327. The van der Waals surface area contributed by atoms with Gasteiger partial charge in [-0.1, -0.05) is 64.1 Å². The largest absolute Gasteiger partial charge is 0.445 e. The minimum Gasteiger partial charge on any atom is -0.445 e. The Bertz CT molecular complexity index is 1050. The molecular formula is C30H41N3O3. The molecule has 0 N–H and O–H groups in total. The highest BCUT2D eigenvalue weighted by Crippen LogP contribution is 2.44. The molecule has 1 heterocycles. The lowest BCUT2D eigenvalue weighted by atomic mass is 9.94. The number of hydrogen-bond donors (Lipinski definition) is 0. The van der Waals surface area contributed by atoms with Gasteiger partial charge in [-0.15, -0.1) is 0 Å². The predicted molar refractivity (Wildman–Crippen MR) is 144 cm³/mol. The normalized spacial score (nSPS) is 19.7. The Morgan fingerprint density at radius 3 is 2.36 bits per heavy atom. The van der Waals surface area contributed by atoms with Crippen molar-refractivity contribution in [1.29, 1.82) is 0 Å². The molecule has 36 heavy (non-hydrogen) atoms. The molecule has 1 fully saturated rings. The molecule has 2 aromatic carbocycles. The fraction of sp³-hybridized carbons (Fsp3) is 0.533. The quantitative estimate of drug-likeness (QED) is 0.525. The summed E-state index contributed by atoms with van der Waals surface area (Å²) in [6, 6.07) is 16.7. The van der Waals surface area contributed by atoms with Crippen molar-refractivity contribution in [3.8, 4) is 0 Å².